The molecular weight excluding hydrogens is 336 g/mol. The number of carbonyl (C=O) groups excluding carboxylic acids is 1. The number of fused-ring (bicyclic) bond motifs is 1. The van der Waals surface area contributed by atoms with Crippen molar-refractivity contribution in [3.63, 3.8) is 0 Å². The van der Waals surface area contributed by atoms with Crippen molar-refractivity contribution in [3.05, 3.63) is 39.9 Å². The van der Waals surface area contributed by atoms with E-state index in [1.807, 2.05) is 12.1 Å². The smallest absolute Gasteiger partial charge is 0.256 e. The molecule has 2 N–H and O–H groups in total. The fourth-order valence-electron chi connectivity index (χ4n) is 2.39. The molecule has 1 aromatic heterocycles. The number of ether oxygens (including phenoxy) is 1. The maximum absolute atomic E-state index is 12.2. The molecule has 0 spiro atoms. The van der Waals surface area contributed by atoms with Crippen LogP contribution in [0.1, 0.15) is 23.2 Å². The van der Waals surface area contributed by atoms with Gasteiger partial charge in [0.15, 0.2) is 0 Å². The van der Waals surface area contributed by atoms with Crippen molar-refractivity contribution in [2.45, 2.75) is 18.9 Å². The number of nitrogens with one attached hydrogen (secondary N) is 2. The molecule has 110 valence electrons. The minimum Gasteiger partial charge on any atom is -0.438 e. The van der Waals surface area contributed by atoms with Gasteiger partial charge in [0.1, 0.15) is 11.1 Å². The van der Waals surface area contributed by atoms with Crippen LogP contribution in [0.4, 0.5) is 0 Å². The molecule has 1 unspecified atom stereocenters. The lowest BCUT2D eigenvalue weighted by atomic mass is 10.1. The number of rotatable bonds is 3. The van der Waals surface area contributed by atoms with Crippen molar-refractivity contribution in [1.29, 1.82) is 5.41 Å². The van der Waals surface area contributed by atoms with Gasteiger partial charge in [-0.2, -0.15) is 0 Å². The van der Waals surface area contributed by atoms with E-state index < -0.39 is 0 Å². The summed E-state index contributed by atoms with van der Waals surface area (Å²) in [5, 5.41) is 11.4. The molecule has 1 atom stereocenters. The second-order valence-corrected chi connectivity index (χ2v) is 5.93. The van der Waals surface area contributed by atoms with E-state index in [-0.39, 0.29) is 23.1 Å². The summed E-state index contributed by atoms with van der Waals surface area (Å²) in [4.78, 5) is 12.2. The molecule has 2 aromatic rings. The number of carbonyl (C=O) groups is 1. The van der Waals surface area contributed by atoms with Crippen LogP contribution >= 0.6 is 15.9 Å². The van der Waals surface area contributed by atoms with E-state index in [1.165, 1.54) is 0 Å². The lowest BCUT2D eigenvalue weighted by Crippen LogP contribution is -2.34. The van der Waals surface area contributed by atoms with Gasteiger partial charge in [0.25, 0.3) is 5.91 Å². The highest BCUT2D eigenvalue weighted by Gasteiger charge is 2.18. The van der Waals surface area contributed by atoms with Crippen molar-refractivity contribution in [2.75, 3.05) is 13.2 Å². The molecule has 6 heteroatoms. The van der Waals surface area contributed by atoms with Crippen molar-refractivity contribution in [2.24, 2.45) is 0 Å². The Morgan fingerprint density at radius 3 is 3.05 bits per heavy atom. The van der Waals surface area contributed by atoms with Crippen LogP contribution in [-0.4, -0.2) is 25.2 Å². The van der Waals surface area contributed by atoms with Crippen LogP contribution in [-0.2, 0) is 4.74 Å². The molecule has 0 radical (unpaired) electrons. The molecule has 1 aromatic carbocycles. The predicted octanol–water partition coefficient (Wildman–Crippen LogP) is 2.58. The zero-order valence-electron chi connectivity index (χ0n) is 11.3. The fourth-order valence-corrected chi connectivity index (χ4v) is 2.77. The van der Waals surface area contributed by atoms with Crippen molar-refractivity contribution in [3.8, 4) is 0 Å². The minimum absolute atomic E-state index is 0.0784. The quantitative estimate of drug-likeness (QED) is 0.893. The molecule has 1 aliphatic rings. The molecule has 1 fully saturated rings. The highest BCUT2D eigenvalue weighted by Crippen LogP contribution is 2.19. The van der Waals surface area contributed by atoms with E-state index in [4.69, 9.17) is 14.6 Å². The molecule has 0 saturated carbocycles. The monoisotopic (exact) mass is 350 g/mol. The average molecular weight is 351 g/mol. The Morgan fingerprint density at radius 2 is 2.29 bits per heavy atom. The molecule has 21 heavy (non-hydrogen) atoms. The molecule has 0 aliphatic carbocycles. The van der Waals surface area contributed by atoms with Crippen molar-refractivity contribution in [1.82, 2.24) is 5.32 Å². The third-order valence-corrected chi connectivity index (χ3v) is 3.98. The second-order valence-electron chi connectivity index (χ2n) is 5.02. The van der Waals surface area contributed by atoms with Gasteiger partial charge in [0, 0.05) is 23.0 Å². The summed E-state index contributed by atoms with van der Waals surface area (Å²) < 4.78 is 11.8. The highest BCUT2D eigenvalue weighted by atomic mass is 79.9. The SMILES string of the molecule is N=c1oc2ccc(Br)cc2cc1C(=O)NCC1CCCO1. The molecule has 2 heterocycles. The Balaban J connectivity index is 1.83. The maximum atomic E-state index is 12.2. The topological polar surface area (TPSA) is 75.3 Å². The summed E-state index contributed by atoms with van der Waals surface area (Å²) >= 11 is 3.38. The van der Waals surface area contributed by atoms with E-state index >= 15 is 0 Å². The second kappa shape index (κ2) is 5.99. The van der Waals surface area contributed by atoms with Crippen LogP contribution < -0.4 is 10.9 Å². The van der Waals surface area contributed by atoms with Crippen LogP contribution in [0.5, 0.6) is 0 Å². The van der Waals surface area contributed by atoms with Crippen LogP contribution in [0.25, 0.3) is 11.0 Å². The molecule has 3 rings (SSSR count). The van der Waals surface area contributed by atoms with Crippen LogP contribution in [0.2, 0.25) is 0 Å². The van der Waals surface area contributed by atoms with E-state index in [0.29, 0.717) is 12.1 Å². The molecular formula is C15H15BrN2O3. The van der Waals surface area contributed by atoms with E-state index in [2.05, 4.69) is 21.2 Å². The zero-order valence-corrected chi connectivity index (χ0v) is 12.9. The average Bonchev–Trinajstić information content (AvgIpc) is 2.98. The summed E-state index contributed by atoms with van der Waals surface area (Å²) in [6.07, 6.45) is 2.07. The minimum atomic E-state index is -0.305. The predicted molar refractivity (Wildman–Crippen MR) is 81.1 cm³/mol. The van der Waals surface area contributed by atoms with Gasteiger partial charge < -0.3 is 14.5 Å². The fraction of sp³-hybridized carbons (Fsp3) is 0.333. The summed E-state index contributed by atoms with van der Waals surface area (Å²) in [5.74, 6) is -0.305. The molecule has 5 nitrogen and oxygen atoms in total. The zero-order chi connectivity index (χ0) is 14.8. The van der Waals surface area contributed by atoms with Crippen molar-refractivity contribution >= 4 is 32.8 Å². The van der Waals surface area contributed by atoms with Gasteiger partial charge >= 0.3 is 0 Å². The largest absolute Gasteiger partial charge is 0.438 e. The Kier molecular flexibility index (Phi) is 4.07. The first-order valence-electron chi connectivity index (χ1n) is 6.81. The number of amides is 1. The van der Waals surface area contributed by atoms with Crippen LogP contribution in [0, 0.1) is 5.41 Å². The molecule has 1 saturated heterocycles. The Morgan fingerprint density at radius 1 is 1.43 bits per heavy atom. The molecule has 1 amide bonds. The highest BCUT2D eigenvalue weighted by molar-refractivity contribution is 9.10. The van der Waals surface area contributed by atoms with Crippen LogP contribution in [0.15, 0.2) is 33.2 Å². The van der Waals surface area contributed by atoms with Gasteiger partial charge in [-0.15, -0.1) is 0 Å². The van der Waals surface area contributed by atoms with E-state index in [0.717, 1.165) is 29.3 Å². The summed E-state index contributed by atoms with van der Waals surface area (Å²) in [6.45, 7) is 1.22. The van der Waals surface area contributed by atoms with Gasteiger partial charge in [0.05, 0.1) is 6.10 Å². The third kappa shape index (κ3) is 3.16. The Labute approximate surface area is 129 Å². The standard InChI is InChI=1S/C15H15BrN2O3/c16-10-3-4-13-9(6-10)7-12(14(17)21-13)15(19)18-8-11-2-1-5-20-11/h3-4,6-7,11,17H,1-2,5,8H2,(H,18,19). The lowest BCUT2D eigenvalue weighted by Gasteiger charge is -2.11. The summed E-state index contributed by atoms with van der Waals surface area (Å²) in [7, 11) is 0. The Hall–Kier alpha value is -1.66. The van der Waals surface area contributed by atoms with Gasteiger partial charge in [0.2, 0.25) is 5.55 Å². The normalized spacial score (nSPS) is 18.0. The molecule has 1 aliphatic heterocycles. The van der Waals surface area contributed by atoms with Crippen LogP contribution in [0.3, 0.4) is 0 Å². The number of benzene rings is 1. The maximum Gasteiger partial charge on any atom is 0.256 e. The van der Waals surface area contributed by atoms with Gasteiger partial charge in [-0.05, 0) is 37.1 Å². The number of halogens is 1. The molecule has 0 bridgehead atoms. The summed E-state index contributed by atoms with van der Waals surface area (Å²) in [5.41, 5.74) is 0.687. The first kappa shape index (κ1) is 14.3. The Bertz CT molecular complexity index is 735. The summed E-state index contributed by atoms with van der Waals surface area (Å²) in [6, 6.07) is 7.14. The van der Waals surface area contributed by atoms with Crippen molar-refractivity contribution < 1.29 is 13.9 Å². The van der Waals surface area contributed by atoms with E-state index in [9.17, 15) is 4.79 Å². The van der Waals surface area contributed by atoms with Gasteiger partial charge in [-0.1, -0.05) is 15.9 Å². The van der Waals surface area contributed by atoms with E-state index in [1.54, 1.807) is 12.1 Å². The first-order chi connectivity index (χ1) is 10.1. The first-order valence-corrected chi connectivity index (χ1v) is 7.60. The lowest BCUT2D eigenvalue weighted by molar-refractivity contribution is 0.0854. The van der Waals surface area contributed by atoms with Gasteiger partial charge in [-0.3, -0.25) is 10.2 Å². The number of hydrogen-bond acceptors (Lipinski definition) is 4. The third-order valence-electron chi connectivity index (χ3n) is 3.49. The van der Waals surface area contributed by atoms with Gasteiger partial charge in [-0.25, -0.2) is 0 Å². The number of hydrogen-bond donors (Lipinski definition) is 2.